The number of hydrogen-bond acceptors (Lipinski definition) is 9. The van der Waals surface area contributed by atoms with Crippen LogP contribution in [-0.4, -0.2) is 67.6 Å². The van der Waals surface area contributed by atoms with E-state index in [4.69, 9.17) is 5.11 Å². The minimum Gasteiger partial charge on any atom is -0.394 e. The standard InChI is InChI=1S/C6H11NO9/c8-1-2-3(9)4(10)5(11)6(12,15-2)16-7(13)14/h2-5,8-12H,1H2/t2-,3-,4+,5-,6+/m1/s1. The molecule has 1 rings (SSSR count). The van der Waals surface area contributed by atoms with Gasteiger partial charge in [0.25, 0.3) is 5.09 Å². The van der Waals surface area contributed by atoms with Crippen LogP contribution in [0.15, 0.2) is 0 Å². The van der Waals surface area contributed by atoms with Gasteiger partial charge in [0.2, 0.25) is 0 Å². The number of nitrogens with zero attached hydrogens (tertiary/aromatic N) is 1. The van der Waals surface area contributed by atoms with Crippen molar-refractivity contribution >= 4 is 0 Å². The van der Waals surface area contributed by atoms with Gasteiger partial charge in [-0.05, 0) is 0 Å². The molecule has 1 saturated heterocycles. The van der Waals surface area contributed by atoms with Crippen molar-refractivity contribution in [1.29, 1.82) is 0 Å². The van der Waals surface area contributed by atoms with Gasteiger partial charge >= 0.3 is 5.97 Å². The Morgan fingerprint density at radius 3 is 2.38 bits per heavy atom. The fraction of sp³-hybridized carbons (Fsp3) is 1.00. The molecule has 0 aromatic carbocycles. The molecule has 5 atom stereocenters. The molecule has 0 saturated carbocycles. The Balaban J connectivity index is 2.89. The molecule has 1 aliphatic heterocycles. The fourth-order valence-corrected chi connectivity index (χ4v) is 1.31. The molecular formula is C6H11NO9. The van der Waals surface area contributed by atoms with Crippen LogP contribution >= 0.6 is 0 Å². The number of aliphatic hydroxyl groups is 5. The van der Waals surface area contributed by atoms with Gasteiger partial charge in [-0.25, -0.2) is 4.84 Å². The summed E-state index contributed by atoms with van der Waals surface area (Å²) in [6.45, 7) is -0.839. The SMILES string of the molecule is O=[N+]([O-])O[C@@]1(O)O[C@H](CO)[C@@H](O)[C@H](O)[C@H]1O. The third-order valence-corrected chi connectivity index (χ3v) is 2.13. The normalized spacial score (nSPS) is 44.1. The third-order valence-electron chi connectivity index (χ3n) is 2.13. The Morgan fingerprint density at radius 1 is 1.38 bits per heavy atom. The van der Waals surface area contributed by atoms with E-state index in [1.165, 1.54) is 0 Å². The van der Waals surface area contributed by atoms with Crippen LogP contribution in [0.1, 0.15) is 0 Å². The van der Waals surface area contributed by atoms with Crippen molar-refractivity contribution < 1.29 is 40.2 Å². The van der Waals surface area contributed by atoms with Gasteiger partial charge in [0.15, 0.2) is 6.10 Å². The Morgan fingerprint density at radius 2 is 1.94 bits per heavy atom. The van der Waals surface area contributed by atoms with Crippen LogP contribution in [0.4, 0.5) is 0 Å². The summed E-state index contributed by atoms with van der Waals surface area (Å²) in [6.07, 6.45) is -7.45. The molecule has 0 spiro atoms. The van der Waals surface area contributed by atoms with Crippen molar-refractivity contribution in [2.24, 2.45) is 0 Å². The molecule has 0 radical (unpaired) electrons. The fourth-order valence-electron chi connectivity index (χ4n) is 1.31. The molecule has 16 heavy (non-hydrogen) atoms. The molecule has 1 aliphatic rings. The summed E-state index contributed by atoms with van der Waals surface area (Å²) < 4.78 is 4.41. The maximum absolute atomic E-state index is 10.0. The zero-order chi connectivity index (χ0) is 12.5. The highest BCUT2D eigenvalue weighted by Gasteiger charge is 2.55. The van der Waals surface area contributed by atoms with Crippen LogP contribution in [0.5, 0.6) is 0 Å². The van der Waals surface area contributed by atoms with Gasteiger partial charge in [-0.3, -0.25) is 0 Å². The van der Waals surface area contributed by atoms with Gasteiger partial charge in [-0.2, -0.15) is 0 Å². The van der Waals surface area contributed by atoms with Gasteiger partial charge in [0, 0.05) is 0 Å². The van der Waals surface area contributed by atoms with Crippen LogP contribution in [0.3, 0.4) is 0 Å². The number of rotatable bonds is 3. The summed E-state index contributed by atoms with van der Waals surface area (Å²) in [4.78, 5) is 13.7. The van der Waals surface area contributed by atoms with E-state index in [-0.39, 0.29) is 0 Å². The first-order valence-electron chi connectivity index (χ1n) is 4.20. The lowest BCUT2D eigenvalue weighted by molar-refractivity contribution is -0.822. The minimum atomic E-state index is -3.13. The highest BCUT2D eigenvalue weighted by Crippen LogP contribution is 2.28. The average Bonchev–Trinajstić information content (AvgIpc) is 2.20. The van der Waals surface area contributed by atoms with E-state index < -0.39 is 42.1 Å². The lowest BCUT2D eigenvalue weighted by Crippen LogP contribution is -2.66. The summed E-state index contributed by atoms with van der Waals surface area (Å²) in [6, 6.07) is 0. The first kappa shape index (κ1) is 13.0. The van der Waals surface area contributed by atoms with Crippen LogP contribution in [0, 0.1) is 10.1 Å². The second-order valence-electron chi connectivity index (χ2n) is 3.21. The Kier molecular flexibility index (Phi) is 3.62. The van der Waals surface area contributed by atoms with Crippen molar-refractivity contribution in [3.05, 3.63) is 10.1 Å². The number of ether oxygens (including phenoxy) is 1. The monoisotopic (exact) mass is 241 g/mol. The maximum atomic E-state index is 10.0. The number of hydrogen-bond donors (Lipinski definition) is 5. The van der Waals surface area contributed by atoms with E-state index >= 15 is 0 Å². The highest BCUT2D eigenvalue weighted by molar-refractivity contribution is 4.91. The molecule has 0 bridgehead atoms. The molecule has 94 valence electrons. The zero-order valence-electron chi connectivity index (χ0n) is 7.83. The Hall–Kier alpha value is -1.04. The summed E-state index contributed by atoms with van der Waals surface area (Å²) in [5.41, 5.74) is 0. The maximum Gasteiger partial charge on any atom is 0.352 e. The molecule has 10 heteroatoms. The molecule has 0 aliphatic carbocycles. The molecule has 10 nitrogen and oxygen atoms in total. The molecule has 1 heterocycles. The van der Waals surface area contributed by atoms with Crippen molar-refractivity contribution in [2.45, 2.75) is 30.4 Å². The quantitative estimate of drug-likeness (QED) is 0.190. The van der Waals surface area contributed by atoms with Crippen molar-refractivity contribution in [3.8, 4) is 0 Å². The second-order valence-corrected chi connectivity index (χ2v) is 3.21. The predicted molar refractivity (Wildman–Crippen MR) is 43.0 cm³/mol. The molecule has 0 aromatic rings. The first-order valence-corrected chi connectivity index (χ1v) is 4.20. The Bertz CT molecular complexity index is 271. The van der Waals surface area contributed by atoms with Gasteiger partial charge in [-0.15, -0.1) is 10.1 Å². The predicted octanol–water partition coefficient (Wildman–Crippen LogP) is -3.69. The van der Waals surface area contributed by atoms with Crippen LogP contribution in [-0.2, 0) is 9.57 Å². The van der Waals surface area contributed by atoms with Crippen LogP contribution in [0.25, 0.3) is 0 Å². The summed E-state index contributed by atoms with van der Waals surface area (Å²) in [7, 11) is 0. The first-order chi connectivity index (χ1) is 7.31. The van der Waals surface area contributed by atoms with Crippen LogP contribution in [0.2, 0.25) is 0 Å². The molecule has 5 N–H and O–H groups in total. The average molecular weight is 241 g/mol. The highest BCUT2D eigenvalue weighted by atomic mass is 17.0. The number of aliphatic hydroxyl groups excluding tert-OH is 4. The van der Waals surface area contributed by atoms with Crippen molar-refractivity contribution in [3.63, 3.8) is 0 Å². The molecular weight excluding hydrogens is 230 g/mol. The lowest BCUT2D eigenvalue weighted by atomic mass is 9.98. The smallest absolute Gasteiger partial charge is 0.352 e. The summed E-state index contributed by atoms with van der Waals surface area (Å²) in [5, 5.41) is 54.4. The zero-order valence-corrected chi connectivity index (χ0v) is 7.83. The van der Waals surface area contributed by atoms with Gasteiger partial charge in [-0.1, -0.05) is 0 Å². The van der Waals surface area contributed by atoms with Crippen molar-refractivity contribution in [2.75, 3.05) is 6.61 Å². The van der Waals surface area contributed by atoms with Gasteiger partial charge in [0.05, 0.1) is 6.61 Å². The van der Waals surface area contributed by atoms with Gasteiger partial charge < -0.3 is 30.3 Å². The van der Waals surface area contributed by atoms with E-state index in [1.807, 2.05) is 0 Å². The van der Waals surface area contributed by atoms with E-state index in [1.54, 1.807) is 0 Å². The van der Waals surface area contributed by atoms with Gasteiger partial charge in [0.1, 0.15) is 18.3 Å². The van der Waals surface area contributed by atoms with E-state index in [0.717, 1.165) is 0 Å². The minimum absolute atomic E-state index is 0.839. The van der Waals surface area contributed by atoms with E-state index in [2.05, 4.69) is 9.57 Å². The van der Waals surface area contributed by atoms with E-state index in [0.29, 0.717) is 0 Å². The largest absolute Gasteiger partial charge is 0.394 e. The Labute approximate surface area is 88.4 Å². The van der Waals surface area contributed by atoms with E-state index in [9.17, 15) is 30.5 Å². The molecule has 0 unspecified atom stereocenters. The summed E-state index contributed by atoms with van der Waals surface area (Å²) in [5.74, 6) is -3.13. The second kappa shape index (κ2) is 4.45. The molecule has 1 fully saturated rings. The molecule has 0 amide bonds. The van der Waals surface area contributed by atoms with Crippen LogP contribution < -0.4 is 0 Å². The molecule has 0 aromatic heterocycles. The third kappa shape index (κ3) is 2.21. The van der Waals surface area contributed by atoms with Crippen molar-refractivity contribution in [1.82, 2.24) is 0 Å². The summed E-state index contributed by atoms with van der Waals surface area (Å²) >= 11 is 0. The topological polar surface area (TPSA) is 163 Å². The lowest BCUT2D eigenvalue weighted by Gasteiger charge is -2.42.